The average molecular weight is 438 g/mol. The van der Waals surface area contributed by atoms with E-state index in [0.29, 0.717) is 25.2 Å². The molecule has 2 aromatic carbocycles. The van der Waals surface area contributed by atoms with Gasteiger partial charge in [0.15, 0.2) is 0 Å². The Balaban J connectivity index is 1.75. The van der Waals surface area contributed by atoms with Crippen LogP contribution < -0.4 is 5.32 Å². The maximum Gasteiger partial charge on any atom is 0.270 e. The Morgan fingerprint density at radius 1 is 1.17 bits per heavy atom. The van der Waals surface area contributed by atoms with Crippen molar-refractivity contribution in [2.45, 2.75) is 35.1 Å². The van der Waals surface area contributed by atoms with E-state index in [1.807, 2.05) is 0 Å². The van der Waals surface area contributed by atoms with Crippen molar-refractivity contribution in [3.8, 4) is 0 Å². The molecule has 2 aliphatic rings. The summed E-state index contributed by atoms with van der Waals surface area (Å²) in [6.45, 7) is 0.803. The zero-order valence-electron chi connectivity index (χ0n) is 15.5. The number of hydrogen-bond acceptors (Lipinski definition) is 6. The molecule has 1 unspecified atom stereocenters. The van der Waals surface area contributed by atoms with Gasteiger partial charge in [-0.3, -0.25) is 10.1 Å². The van der Waals surface area contributed by atoms with Gasteiger partial charge in [0.05, 0.1) is 16.7 Å². The van der Waals surface area contributed by atoms with E-state index in [0.717, 1.165) is 35.1 Å². The highest BCUT2D eigenvalue weighted by Gasteiger charge is 2.32. The lowest BCUT2D eigenvalue weighted by Crippen LogP contribution is -2.29. The summed E-state index contributed by atoms with van der Waals surface area (Å²) in [5.41, 5.74) is 0.790. The van der Waals surface area contributed by atoms with Gasteiger partial charge < -0.3 is 5.32 Å². The maximum atomic E-state index is 13.8. The highest BCUT2D eigenvalue weighted by molar-refractivity contribution is 7.99. The first kappa shape index (κ1) is 20.1. The molecular formula is C19H20FN3O4S2. The number of non-ortho nitro benzene ring substituents is 1. The highest BCUT2D eigenvalue weighted by atomic mass is 32.2. The van der Waals surface area contributed by atoms with Crippen LogP contribution in [0, 0.1) is 15.9 Å². The molecule has 1 N–H and O–H groups in total. The minimum absolute atomic E-state index is 0.107. The van der Waals surface area contributed by atoms with Crippen LogP contribution in [-0.2, 0) is 10.0 Å². The molecule has 154 valence electrons. The third-order valence-corrected chi connectivity index (χ3v) is 8.26. The summed E-state index contributed by atoms with van der Waals surface area (Å²) in [5.74, 6) is 0.448. The summed E-state index contributed by atoms with van der Waals surface area (Å²) in [7, 11) is -3.87. The molecular weight excluding hydrogens is 417 g/mol. The van der Waals surface area contributed by atoms with Gasteiger partial charge in [-0.2, -0.15) is 4.31 Å². The Bertz CT molecular complexity index is 1060. The number of halogens is 1. The van der Waals surface area contributed by atoms with E-state index in [1.165, 1.54) is 28.6 Å². The molecule has 1 fully saturated rings. The number of rotatable bonds is 5. The van der Waals surface area contributed by atoms with Crippen LogP contribution in [0.1, 0.15) is 30.9 Å². The first-order valence-electron chi connectivity index (χ1n) is 9.33. The summed E-state index contributed by atoms with van der Waals surface area (Å²) in [6, 6.07) is 8.14. The van der Waals surface area contributed by atoms with Gasteiger partial charge in [0.1, 0.15) is 10.7 Å². The van der Waals surface area contributed by atoms with E-state index in [9.17, 15) is 22.9 Å². The monoisotopic (exact) mass is 437 g/mol. The third-order valence-electron chi connectivity index (χ3n) is 5.20. The number of fused-ring (bicyclic) bond motifs is 1. The minimum Gasteiger partial charge on any atom is -0.377 e. The van der Waals surface area contributed by atoms with Crippen molar-refractivity contribution in [2.75, 3.05) is 24.2 Å². The van der Waals surface area contributed by atoms with Gasteiger partial charge in [-0.1, -0.05) is 0 Å². The Morgan fingerprint density at radius 3 is 2.66 bits per heavy atom. The molecule has 10 heteroatoms. The van der Waals surface area contributed by atoms with Crippen LogP contribution >= 0.6 is 11.8 Å². The summed E-state index contributed by atoms with van der Waals surface area (Å²) in [6.07, 6.45) is 2.22. The molecule has 2 heterocycles. The number of benzene rings is 2. The van der Waals surface area contributed by atoms with Crippen LogP contribution in [-0.4, -0.2) is 36.5 Å². The van der Waals surface area contributed by atoms with Crippen molar-refractivity contribution in [3.63, 3.8) is 0 Å². The van der Waals surface area contributed by atoms with E-state index in [2.05, 4.69) is 5.32 Å². The van der Waals surface area contributed by atoms with Gasteiger partial charge in [-0.15, -0.1) is 11.8 Å². The Morgan fingerprint density at radius 2 is 1.93 bits per heavy atom. The average Bonchev–Trinajstić information content (AvgIpc) is 3.24. The predicted octanol–water partition coefficient (Wildman–Crippen LogP) is 4.17. The van der Waals surface area contributed by atoms with Crippen LogP contribution in [0.4, 0.5) is 15.8 Å². The van der Waals surface area contributed by atoms with E-state index in [-0.39, 0.29) is 22.4 Å². The molecule has 4 rings (SSSR count). The normalized spacial score (nSPS) is 19.7. The predicted molar refractivity (Wildman–Crippen MR) is 109 cm³/mol. The number of thioether (sulfide) groups is 1. The van der Waals surface area contributed by atoms with E-state index >= 15 is 0 Å². The zero-order chi connectivity index (χ0) is 20.6. The topological polar surface area (TPSA) is 92.5 Å². The number of anilines is 1. The number of hydrogen-bond donors (Lipinski definition) is 1. The highest BCUT2D eigenvalue weighted by Crippen LogP contribution is 2.40. The maximum absolute atomic E-state index is 13.8. The fourth-order valence-electron chi connectivity index (χ4n) is 3.73. The van der Waals surface area contributed by atoms with Crippen LogP contribution in [0.2, 0.25) is 0 Å². The summed E-state index contributed by atoms with van der Waals surface area (Å²) < 4.78 is 41.5. The van der Waals surface area contributed by atoms with Gasteiger partial charge in [0, 0.05) is 35.9 Å². The van der Waals surface area contributed by atoms with Crippen LogP contribution in [0.3, 0.4) is 0 Å². The second-order valence-corrected chi connectivity index (χ2v) is 10.1. The van der Waals surface area contributed by atoms with Crippen LogP contribution in [0.15, 0.2) is 46.2 Å². The molecule has 29 heavy (non-hydrogen) atoms. The standard InChI is InChI=1S/C19H20FN3O4S2/c20-13-3-6-18-15(11-13)16(7-10-28-18)21-17-5-4-14(23(24)25)12-19(17)29(26,27)22-8-1-2-9-22/h3-6,11-12,16,21H,1-2,7-10H2. The van der Waals surface area contributed by atoms with E-state index in [1.54, 1.807) is 17.8 Å². The molecule has 0 aromatic heterocycles. The SMILES string of the molecule is O=[N+]([O-])c1ccc(NC2CCSc3ccc(F)cc32)c(S(=O)(=O)N2CCCC2)c1. The van der Waals surface area contributed by atoms with E-state index < -0.39 is 14.9 Å². The first-order valence-corrected chi connectivity index (χ1v) is 11.8. The quantitative estimate of drug-likeness (QED) is 0.558. The van der Waals surface area contributed by atoms with Crippen molar-refractivity contribution in [3.05, 3.63) is 57.9 Å². The first-order chi connectivity index (χ1) is 13.9. The molecule has 0 bridgehead atoms. The van der Waals surface area contributed by atoms with Crippen LogP contribution in [0.5, 0.6) is 0 Å². The Labute approximate surface area is 172 Å². The lowest BCUT2D eigenvalue weighted by molar-refractivity contribution is -0.385. The zero-order valence-corrected chi connectivity index (χ0v) is 17.1. The number of nitro groups is 1. The van der Waals surface area contributed by atoms with Crippen molar-refractivity contribution in [1.29, 1.82) is 0 Å². The summed E-state index contributed by atoms with van der Waals surface area (Å²) in [5, 5.41) is 14.5. The second kappa shape index (κ2) is 7.92. The molecule has 0 aliphatic carbocycles. The van der Waals surface area contributed by atoms with Crippen LogP contribution in [0.25, 0.3) is 0 Å². The fraction of sp³-hybridized carbons (Fsp3) is 0.368. The van der Waals surface area contributed by atoms with Gasteiger partial charge in [0.25, 0.3) is 5.69 Å². The lowest BCUT2D eigenvalue weighted by atomic mass is 10.0. The third kappa shape index (κ3) is 3.96. The molecule has 0 spiro atoms. The molecule has 0 radical (unpaired) electrons. The molecule has 1 saturated heterocycles. The largest absolute Gasteiger partial charge is 0.377 e. The molecule has 7 nitrogen and oxygen atoms in total. The molecule has 2 aliphatic heterocycles. The molecule has 2 aromatic rings. The fourth-order valence-corrected chi connectivity index (χ4v) is 6.52. The Kier molecular flexibility index (Phi) is 5.50. The number of nitrogens with zero attached hydrogens (tertiary/aromatic N) is 2. The summed E-state index contributed by atoms with van der Waals surface area (Å²) in [4.78, 5) is 11.5. The van der Waals surface area contributed by atoms with Gasteiger partial charge in [0.2, 0.25) is 10.0 Å². The second-order valence-electron chi connectivity index (χ2n) is 7.06. The van der Waals surface area contributed by atoms with Gasteiger partial charge >= 0.3 is 0 Å². The Hall–Kier alpha value is -2.17. The minimum atomic E-state index is -3.87. The number of sulfonamides is 1. The molecule has 0 amide bonds. The van der Waals surface area contributed by atoms with Crippen molar-refractivity contribution < 1.29 is 17.7 Å². The lowest BCUT2D eigenvalue weighted by Gasteiger charge is -2.28. The number of nitrogens with one attached hydrogen (secondary N) is 1. The van der Waals surface area contributed by atoms with Gasteiger partial charge in [-0.05, 0) is 49.1 Å². The van der Waals surface area contributed by atoms with Crippen molar-refractivity contribution in [1.82, 2.24) is 4.31 Å². The van der Waals surface area contributed by atoms with E-state index in [4.69, 9.17) is 0 Å². The molecule has 1 atom stereocenters. The van der Waals surface area contributed by atoms with Crippen molar-refractivity contribution in [2.24, 2.45) is 0 Å². The number of nitro benzene ring substituents is 1. The smallest absolute Gasteiger partial charge is 0.270 e. The summed E-state index contributed by atoms with van der Waals surface area (Å²) >= 11 is 1.63. The van der Waals surface area contributed by atoms with Crippen molar-refractivity contribution >= 4 is 33.2 Å². The molecule has 0 saturated carbocycles. The van der Waals surface area contributed by atoms with Gasteiger partial charge in [-0.25, -0.2) is 12.8 Å².